The fourth-order valence-corrected chi connectivity index (χ4v) is 3.28. The number of aromatic amines is 1. The lowest BCUT2D eigenvalue weighted by molar-refractivity contribution is 0.0615. The Bertz CT molecular complexity index is 1050. The molecule has 0 aromatic carbocycles. The van der Waals surface area contributed by atoms with E-state index in [0.29, 0.717) is 29.7 Å². The van der Waals surface area contributed by atoms with Gasteiger partial charge in [0.1, 0.15) is 11.8 Å². The summed E-state index contributed by atoms with van der Waals surface area (Å²) in [6.45, 7) is 3.91. The lowest BCUT2D eigenvalue weighted by atomic mass is 10.1. The number of imidazole rings is 1. The van der Waals surface area contributed by atoms with E-state index in [4.69, 9.17) is 14.2 Å². The molecule has 1 fully saturated rings. The van der Waals surface area contributed by atoms with E-state index in [-0.39, 0.29) is 12.6 Å². The molecule has 0 aliphatic carbocycles. The molecule has 166 valence electrons. The Labute approximate surface area is 177 Å². The number of alkyl halides is 1. The lowest BCUT2D eigenvalue weighted by Gasteiger charge is -2.16. The minimum atomic E-state index is -1.53. The molecule has 3 N–H and O–H groups in total. The highest BCUT2D eigenvalue weighted by atomic mass is 19.1. The van der Waals surface area contributed by atoms with Crippen LogP contribution >= 0.6 is 0 Å². The Morgan fingerprint density at radius 1 is 1.48 bits per heavy atom. The molecule has 11 nitrogen and oxygen atoms in total. The molecule has 1 aliphatic rings. The predicted molar refractivity (Wildman–Crippen MR) is 108 cm³/mol. The molecule has 0 saturated carbocycles. The van der Waals surface area contributed by atoms with E-state index in [0.717, 1.165) is 5.69 Å². The van der Waals surface area contributed by atoms with E-state index in [1.165, 1.54) is 0 Å². The zero-order valence-corrected chi connectivity index (χ0v) is 17.3. The number of anilines is 2. The molecule has 12 heteroatoms. The Balaban J connectivity index is 1.44. The molecule has 31 heavy (non-hydrogen) atoms. The number of rotatable bonds is 7. The number of amides is 1. The highest BCUT2D eigenvalue weighted by molar-refractivity contribution is 5.67. The summed E-state index contributed by atoms with van der Waals surface area (Å²) < 4.78 is 32.3. The van der Waals surface area contributed by atoms with Gasteiger partial charge in [0.15, 0.2) is 18.1 Å². The van der Waals surface area contributed by atoms with Crippen LogP contribution in [0.4, 0.5) is 21.0 Å². The summed E-state index contributed by atoms with van der Waals surface area (Å²) in [7, 11) is 1.60. The van der Waals surface area contributed by atoms with E-state index in [2.05, 4.69) is 30.8 Å². The van der Waals surface area contributed by atoms with Crippen molar-refractivity contribution in [3.63, 3.8) is 0 Å². The summed E-state index contributed by atoms with van der Waals surface area (Å²) >= 11 is 0. The van der Waals surface area contributed by atoms with Crippen LogP contribution in [0.1, 0.15) is 31.3 Å². The molecule has 0 spiro atoms. The van der Waals surface area contributed by atoms with Gasteiger partial charge in [-0.2, -0.15) is 5.10 Å². The van der Waals surface area contributed by atoms with Crippen LogP contribution in [0.5, 0.6) is 0 Å². The summed E-state index contributed by atoms with van der Waals surface area (Å²) in [5, 5.41) is 12.6. The third kappa shape index (κ3) is 4.59. The molecular weight excluding hydrogens is 409 g/mol. The van der Waals surface area contributed by atoms with Gasteiger partial charge in [0.25, 0.3) is 0 Å². The molecule has 3 aromatic heterocycles. The first kappa shape index (κ1) is 21.0. The van der Waals surface area contributed by atoms with Crippen molar-refractivity contribution in [2.24, 2.45) is 0 Å². The number of nitrogens with zero attached hydrogens (tertiary/aromatic N) is 4. The normalized spacial score (nSPS) is 21.0. The van der Waals surface area contributed by atoms with E-state index in [1.54, 1.807) is 43.7 Å². The Morgan fingerprint density at radius 3 is 3.10 bits per heavy atom. The van der Waals surface area contributed by atoms with Crippen molar-refractivity contribution in [2.75, 3.05) is 19.0 Å². The molecule has 4 rings (SSSR count). The number of halogens is 1. The minimum absolute atomic E-state index is 0.0443. The summed E-state index contributed by atoms with van der Waals surface area (Å²) in [5.41, 5.74) is 1.87. The fraction of sp³-hybridized carbons (Fsp3) is 0.474. The molecule has 0 unspecified atom stereocenters. The van der Waals surface area contributed by atoms with Crippen LogP contribution in [0.25, 0.3) is 5.65 Å². The van der Waals surface area contributed by atoms with Crippen molar-refractivity contribution in [1.29, 1.82) is 0 Å². The quantitative estimate of drug-likeness (QED) is 0.518. The molecule has 0 bridgehead atoms. The Kier molecular flexibility index (Phi) is 6.00. The van der Waals surface area contributed by atoms with E-state index in [1.807, 2.05) is 6.20 Å². The van der Waals surface area contributed by atoms with Crippen LogP contribution in [0, 0.1) is 0 Å². The van der Waals surface area contributed by atoms with Crippen molar-refractivity contribution in [3.8, 4) is 0 Å². The van der Waals surface area contributed by atoms with Crippen molar-refractivity contribution in [3.05, 3.63) is 35.9 Å². The number of ether oxygens (including phenoxy) is 3. The standard InChI is InChI=1S/C19H24FN7O4/c1-10(2)22-19(28)31-13-9-30-17(16(13)20)12-6-14(26-25-12)24-18-21-5-4-15-23-11(8-29-3)7-27(15)18/h4-7,10,13,16-17H,8-9H2,1-3H3,(H,22,28)(H2,21,24,25,26)/t13-,16-,17-/m1/s1. The van der Waals surface area contributed by atoms with Gasteiger partial charge in [-0.3, -0.25) is 9.50 Å². The number of H-pyrrole nitrogens is 1. The smallest absolute Gasteiger partial charge is 0.407 e. The zero-order valence-electron chi connectivity index (χ0n) is 17.3. The summed E-state index contributed by atoms with van der Waals surface area (Å²) in [6.07, 6.45) is -0.696. The molecular formula is C19H24FN7O4. The second-order valence-electron chi connectivity index (χ2n) is 7.44. The number of aromatic nitrogens is 5. The first-order chi connectivity index (χ1) is 14.9. The molecule has 0 radical (unpaired) electrons. The monoisotopic (exact) mass is 433 g/mol. The summed E-state index contributed by atoms with van der Waals surface area (Å²) in [4.78, 5) is 20.5. The van der Waals surface area contributed by atoms with Gasteiger partial charge in [0.05, 0.1) is 24.6 Å². The molecule has 1 saturated heterocycles. The SMILES string of the molecule is COCc1cn2c(Nc3cc([C@H]4OC[C@@H](OC(=O)NC(C)C)[C@H]4F)[nH]n3)nccc2n1. The van der Waals surface area contributed by atoms with Crippen LogP contribution < -0.4 is 10.6 Å². The summed E-state index contributed by atoms with van der Waals surface area (Å²) in [6, 6.07) is 3.29. The first-order valence-corrected chi connectivity index (χ1v) is 9.81. The number of fused-ring (bicyclic) bond motifs is 1. The number of hydrogen-bond acceptors (Lipinski definition) is 8. The van der Waals surface area contributed by atoms with Crippen molar-refractivity contribution < 1.29 is 23.4 Å². The lowest BCUT2D eigenvalue weighted by Crippen LogP contribution is -2.36. The number of carbonyl (C=O) groups is 1. The highest BCUT2D eigenvalue weighted by Crippen LogP contribution is 2.33. The summed E-state index contributed by atoms with van der Waals surface area (Å²) in [5.74, 6) is 0.913. The van der Waals surface area contributed by atoms with Gasteiger partial charge in [-0.05, 0) is 19.9 Å². The van der Waals surface area contributed by atoms with Crippen LogP contribution in [0.2, 0.25) is 0 Å². The van der Waals surface area contributed by atoms with Crippen LogP contribution in [0.15, 0.2) is 24.5 Å². The first-order valence-electron chi connectivity index (χ1n) is 9.81. The number of nitrogens with one attached hydrogen (secondary N) is 3. The average Bonchev–Trinajstić information content (AvgIpc) is 3.41. The van der Waals surface area contributed by atoms with Crippen LogP contribution in [0.3, 0.4) is 0 Å². The van der Waals surface area contributed by atoms with E-state index < -0.39 is 24.5 Å². The largest absolute Gasteiger partial charge is 0.441 e. The predicted octanol–water partition coefficient (Wildman–Crippen LogP) is 2.25. The highest BCUT2D eigenvalue weighted by Gasteiger charge is 2.42. The number of hydrogen-bond donors (Lipinski definition) is 3. The van der Waals surface area contributed by atoms with Gasteiger partial charge in [-0.25, -0.2) is 19.2 Å². The second-order valence-corrected chi connectivity index (χ2v) is 7.44. The molecule has 1 amide bonds. The minimum Gasteiger partial charge on any atom is -0.441 e. The number of methoxy groups -OCH3 is 1. The fourth-order valence-electron chi connectivity index (χ4n) is 3.28. The number of alkyl carbamates (subject to hydrolysis) is 1. The maximum absolute atomic E-state index is 14.8. The van der Waals surface area contributed by atoms with Crippen molar-refractivity contribution in [2.45, 2.75) is 44.9 Å². The van der Waals surface area contributed by atoms with Gasteiger partial charge in [0, 0.05) is 31.6 Å². The van der Waals surface area contributed by atoms with Crippen molar-refractivity contribution in [1.82, 2.24) is 29.9 Å². The molecule has 1 aliphatic heterocycles. The third-order valence-corrected chi connectivity index (χ3v) is 4.62. The van der Waals surface area contributed by atoms with E-state index in [9.17, 15) is 9.18 Å². The average molecular weight is 433 g/mol. The van der Waals surface area contributed by atoms with Crippen LogP contribution in [-0.4, -0.2) is 62.7 Å². The van der Waals surface area contributed by atoms with Gasteiger partial charge in [0.2, 0.25) is 5.95 Å². The van der Waals surface area contributed by atoms with Gasteiger partial charge in [-0.15, -0.1) is 0 Å². The molecule has 3 atom stereocenters. The van der Waals surface area contributed by atoms with Crippen molar-refractivity contribution >= 4 is 23.5 Å². The third-order valence-electron chi connectivity index (χ3n) is 4.62. The topological polar surface area (TPSA) is 128 Å². The van der Waals surface area contributed by atoms with Gasteiger partial charge in [-0.1, -0.05) is 0 Å². The molecule has 3 aromatic rings. The maximum atomic E-state index is 14.8. The van der Waals surface area contributed by atoms with E-state index >= 15 is 0 Å². The number of carbonyl (C=O) groups excluding carboxylic acids is 1. The Hall–Kier alpha value is -3.25. The second kappa shape index (κ2) is 8.86. The van der Waals surface area contributed by atoms with Gasteiger partial charge >= 0.3 is 6.09 Å². The maximum Gasteiger partial charge on any atom is 0.407 e. The van der Waals surface area contributed by atoms with Crippen LogP contribution in [-0.2, 0) is 20.8 Å². The zero-order chi connectivity index (χ0) is 22.0. The molecule has 4 heterocycles. The van der Waals surface area contributed by atoms with Gasteiger partial charge < -0.3 is 24.8 Å². The Morgan fingerprint density at radius 2 is 2.32 bits per heavy atom.